The quantitative estimate of drug-likeness (QED) is 0.749. The highest BCUT2D eigenvalue weighted by atomic mass is 32.1. The molecule has 7 heteroatoms. The fourth-order valence-corrected chi connectivity index (χ4v) is 2.32. The summed E-state index contributed by atoms with van der Waals surface area (Å²) in [6, 6.07) is 3.92. The molecule has 6 nitrogen and oxygen atoms in total. The van der Waals surface area contributed by atoms with Gasteiger partial charge in [-0.25, -0.2) is 9.97 Å². The van der Waals surface area contributed by atoms with Crippen LogP contribution in [0.15, 0.2) is 29.9 Å². The molecule has 3 heterocycles. The standard InChI is InChI=1S/C12H12N6S/c13-12-15-9(7-19-12)5-11-16-10(17-18-11)4-8-2-1-3-14-6-8/h1-3,6-7H,4-5H2,(H2,13,15)(H,16,17,18). The summed E-state index contributed by atoms with van der Waals surface area (Å²) in [5.41, 5.74) is 7.59. The van der Waals surface area contributed by atoms with E-state index in [2.05, 4.69) is 25.1 Å². The van der Waals surface area contributed by atoms with Gasteiger partial charge in [-0.05, 0) is 11.6 Å². The number of aromatic nitrogens is 5. The zero-order chi connectivity index (χ0) is 13.1. The lowest BCUT2D eigenvalue weighted by atomic mass is 10.2. The maximum Gasteiger partial charge on any atom is 0.180 e. The predicted molar refractivity (Wildman–Crippen MR) is 72.8 cm³/mol. The van der Waals surface area contributed by atoms with Crippen molar-refractivity contribution in [2.24, 2.45) is 0 Å². The molecule has 0 saturated carbocycles. The summed E-state index contributed by atoms with van der Waals surface area (Å²) < 4.78 is 0. The van der Waals surface area contributed by atoms with Crippen molar-refractivity contribution >= 4 is 16.5 Å². The molecule has 3 aromatic rings. The van der Waals surface area contributed by atoms with E-state index in [0.717, 1.165) is 22.9 Å². The SMILES string of the molecule is Nc1nc(Cc2n[nH]c(Cc3cccnc3)n2)cs1. The van der Waals surface area contributed by atoms with Crippen LogP contribution >= 0.6 is 11.3 Å². The molecule has 0 aliphatic rings. The lowest BCUT2D eigenvalue weighted by Crippen LogP contribution is -1.94. The minimum Gasteiger partial charge on any atom is -0.375 e. The lowest BCUT2D eigenvalue weighted by molar-refractivity contribution is 0.945. The summed E-state index contributed by atoms with van der Waals surface area (Å²) in [5, 5.41) is 9.61. The second kappa shape index (κ2) is 5.15. The summed E-state index contributed by atoms with van der Waals surface area (Å²) in [4.78, 5) is 12.7. The maximum absolute atomic E-state index is 5.59. The molecule has 3 N–H and O–H groups in total. The molecule has 0 aliphatic carbocycles. The molecule has 96 valence electrons. The van der Waals surface area contributed by atoms with Crippen LogP contribution in [0.5, 0.6) is 0 Å². The van der Waals surface area contributed by atoms with Gasteiger partial charge >= 0.3 is 0 Å². The highest BCUT2D eigenvalue weighted by molar-refractivity contribution is 7.13. The second-order valence-electron chi connectivity index (χ2n) is 4.09. The van der Waals surface area contributed by atoms with Crippen LogP contribution in [0.3, 0.4) is 0 Å². The largest absolute Gasteiger partial charge is 0.375 e. The van der Waals surface area contributed by atoms with Crippen molar-refractivity contribution in [1.82, 2.24) is 25.1 Å². The molecule has 0 aromatic carbocycles. The van der Waals surface area contributed by atoms with E-state index in [9.17, 15) is 0 Å². The van der Waals surface area contributed by atoms with E-state index in [1.54, 1.807) is 6.20 Å². The molecule has 0 radical (unpaired) electrons. The van der Waals surface area contributed by atoms with Crippen molar-refractivity contribution in [2.45, 2.75) is 12.8 Å². The van der Waals surface area contributed by atoms with Crippen molar-refractivity contribution in [3.63, 3.8) is 0 Å². The zero-order valence-electron chi connectivity index (χ0n) is 10.1. The molecular formula is C12H12N6S. The van der Waals surface area contributed by atoms with Crippen molar-refractivity contribution in [3.8, 4) is 0 Å². The van der Waals surface area contributed by atoms with E-state index in [1.807, 2.05) is 23.7 Å². The molecule has 0 fully saturated rings. The van der Waals surface area contributed by atoms with Crippen LogP contribution in [0.1, 0.15) is 22.9 Å². The van der Waals surface area contributed by atoms with Crippen LogP contribution in [0.4, 0.5) is 5.13 Å². The first kappa shape index (κ1) is 11.8. The minimum atomic E-state index is 0.570. The lowest BCUT2D eigenvalue weighted by Gasteiger charge is -1.95. The summed E-state index contributed by atoms with van der Waals surface area (Å²) in [7, 11) is 0. The van der Waals surface area contributed by atoms with E-state index >= 15 is 0 Å². The number of nitrogens with one attached hydrogen (secondary N) is 1. The first-order chi connectivity index (χ1) is 9.29. The van der Waals surface area contributed by atoms with E-state index in [4.69, 9.17) is 5.73 Å². The Balaban J connectivity index is 1.69. The Hall–Kier alpha value is -2.28. The topological polar surface area (TPSA) is 93.4 Å². The van der Waals surface area contributed by atoms with Gasteiger partial charge in [-0.15, -0.1) is 11.3 Å². The smallest absolute Gasteiger partial charge is 0.180 e. The molecule has 0 unspecified atom stereocenters. The number of anilines is 1. The normalized spacial score (nSPS) is 10.7. The fourth-order valence-electron chi connectivity index (χ4n) is 1.75. The number of aromatic amines is 1. The Morgan fingerprint density at radius 2 is 2.21 bits per heavy atom. The van der Waals surface area contributed by atoms with E-state index in [0.29, 0.717) is 18.0 Å². The van der Waals surface area contributed by atoms with Crippen LogP contribution in [0, 0.1) is 0 Å². The van der Waals surface area contributed by atoms with Crippen LogP contribution < -0.4 is 5.73 Å². The van der Waals surface area contributed by atoms with Gasteiger partial charge in [-0.3, -0.25) is 10.1 Å². The molecule has 0 atom stereocenters. The first-order valence-corrected chi connectivity index (χ1v) is 6.66. The van der Waals surface area contributed by atoms with Gasteiger partial charge in [0.2, 0.25) is 0 Å². The average Bonchev–Trinajstić information content (AvgIpc) is 3.01. The number of hydrogen-bond donors (Lipinski definition) is 2. The number of nitrogens with zero attached hydrogens (tertiary/aromatic N) is 4. The van der Waals surface area contributed by atoms with Crippen LogP contribution in [0.25, 0.3) is 0 Å². The third-order valence-corrected chi connectivity index (χ3v) is 3.30. The Labute approximate surface area is 113 Å². The summed E-state index contributed by atoms with van der Waals surface area (Å²) in [6.07, 6.45) is 4.86. The van der Waals surface area contributed by atoms with Crippen LogP contribution in [-0.4, -0.2) is 25.1 Å². The molecule has 0 spiro atoms. The van der Waals surface area contributed by atoms with Gasteiger partial charge in [0.25, 0.3) is 0 Å². The van der Waals surface area contributed by atoms with Crippen molar-refractivity contribution in [2.75, 3.05) is 5.73 Å². The van der Waals surface area contributed by atoms with Gasteiger partial charge in [0.1, 0.15) is 5.82 Å². The number of nitrogen functional groups attached to an aromatic ring is 1. The molecule has 19 heavy (non-hydrogen) atoms. The number of pyridine rings is 1. The van der Waals surface area contributed by atoms with Crippen molar-refractivity contribution in [3.05, 3.63) is 52.8 Å². The zero-order valence-corrected chi connectivity index (χ0v) is 10.9. The van der Waals surface area contributed by atoms with E-state index in [-0.39, 0.29) is 0 Å². The number of H-pyrrole nitrogens is 1. The Morgan fingerprint density at radius 1 is 1.26 bits per heavy atom. The van der Waals surface area contributed by atoms with Gasteiger partial charge in [-0.1, -0.05) is 6.07 Å². The van der Waals surface area contributed by atoms with Gasteiger partial charge in [0.15, 0.2) is 11.0 Å². The summed E-state index contributed by atoms with van der Waals surface area (Å²) >= 11 is 1.43. The molecule has 0 saturated heterocycles. The van der Waals surface area contributed by atoms with Crippen LogP contribution in [-0.2, 0) is 12.8 Å². The Morgan fingerprint density at radius 3 is 2.95 bits per heavy atom. The van der Waals surface area contributed by atoms with E-state index < -0.39 is 0 Å². The number of thiazole rings is 1. The minimum absolute atomic E-state index is 0.570. The van der Waals surface area contributed by atoms with Gasteiger partial charge in [0.05, 0.1) is 12.1 Å². The number of hydrogen-bond acceptors (Lipinski definition) is 6. The van der Waals surface area contributed by atoms with E-state index in [1.165, 1.54) is 11.3 Å². The number of nitrogens with two attached hydrogens (primary N) is 1. The van der Waals surface area contributed by atoms with Gasteiger partial charge in [0, 0.05) is 24.2 Å². The van der Waals surface area contributed by atoms with Crippen molar-refractivity contribution in [1.29, 1.82) is 0 Å². The van der Waals surface area contributed by atoms with Gasteiger partial charge < -0.3 is 5.73 Å². The van der Waals surface area contributed by atoms with Gasteiger partial charge in [-0.2, -0.15) is 5.10 Å². The molecule has 0 aliphatic heterocycles. The number of rotatable bonds is 4. The third kappa shape index (κ3) is 2.94. The molecule has 3 aromatic heterocycles. The van der Waals surface area contributed by atoms with Crippen LogP contribution in [0.2, 0.25) is 0 Å². The summed E-state index contributed by atoms with van der Waals surface area (Å²) in [5.74, 6) is 1.55. The highest BCUT2D eigenvalue weighted by Gasteiger charge is 2.07. The molecule has 3 rings (SSSR count). The monoisotopic (exact) mass is 272 g/mol. The summed E-state index contributed by atoms with van der Waals surface area (Å²) in [6.45, 7) is 0. The fraction of sp³-hybridized carbons (Fsp3) is 0.167. The second-order valence-corrected chi connectivity index (χ2v) is 4.98. The van der Waals surface area contributed by atoms with Crippen molar-refractivity contribution < 1.29 is 0 Å². The average molecular weight is 272 g/mol. The Bertz CT molecular complexity index is 660. The predicted octanol–water partition coefficient (Wildman–Crippen LogP) is 1.42. The molecular weight excluding hydrogens is 260 g/mol. The third-order valence-electron chi connectivity index (χ3n) is 2.58. The molecule has 0 amide bonds. The maximum atomic E-state index is 5.59. The highest BCUT2D eigenvalue weighted by Crippen LogP contribution is 2.13. The first-order valence-electron chi connectivity index (χ1n) is 5.78. The Kier molecular flexibility index (Phi) is 3.20. The molecule has 0 bridgehead atoms.